The molecule has 1 atom stereocenters. The van der Waals surface area contributed by atoms with E-state index in [2.05, 4.69) is 44.2 Å². The number of hydrogen-bond acceptors (Lipinski definition) is 0. The molecule has 0 bridgehead atoms. The highest BCUT2D eigenvalue weighted by Crippen LogP contribution is 2.30. The zero-order valence-electron chi connectivity index (χ0n) is 7.67. The van der Waals surface area contributed by atoms with Gasteiger partial charge in [-0.25, -0.2) is 0 Å². The first-order valence-electron chi connectivity index (χ1n) is 4.49. The van der Waals surface area contributed by atoms with E-state index in [4.69, 9.17) is 0 Å². The molecule has 0 N–H and O–H groups in total. The summed E-state index contributed by atoms with van der Waals surface area (Å²) in [5.74, 6) is 0.582. The first-order chi connectivity index (χ1) is 5.75. The summed E-state index contributed by atoms with van der Waals surface area (Å²) in [6.07, 6.45) is 12.6. The average Bonchev–Trinajstić information content (AvgIpc) is 2.58. The van der Waals surface area contributed by atoms with Crippen LogP contribution in [0.25, 0.3) is 0 Å². The second-order valence-corrected chi connectivity index (χ2v) is 3.67. The Balaban J connectivity index is 2.15. The van der Waals surface area contributed by atoms with E-state index in [9.17, 15) is 0 Å². The van der Waals surface area contributed by atoms with Crippen LogP contribution in [-0.4, -0.2) is 0 Å². The second kappa shape index (κ2) is 2.78. The lowest BCUT2D eigenvalue weighted by molar-refractivity contribution is 0.945. The summed E-state index contributed by atoms with van der Waals surface area (Å²) < 4.78 is 0. The number of hydrogen-bond donors (Lipinski definition) is 0. The smallest absolute Gasteiger partial charge is 0.0172 e. The van der Waals surface area contributed by atoms with E-state index in [0.29, 0.717) is 5.92 Å². The van der Waals surface area contributed by atoms with Crippen LogP contribution in [0.15, 0.2) is 47.1 Å². The molecule has 0 amide bonds. The Kier molecular flexibility index (Phi) is 1.76. The van der Waals surface area contributed by atoms with Gasteiger partial charge >= 0.3 is 0 Å². The van der Waals surface area contributed by atoms with Crippen molar-refractivity contribution in [3.05, 3.63) is 47.1 Å². The molecule has 1 unspecified atom stereocenters. The first-order valence-corrected chi connectivity index (χ1v) is 4.49. The lowest BCUT2D eigenvalue weighted by atomic mass is 10.00. The highest BCUT2D eigenvalue weighted by atomic mass is 14.2. The van der Waals surface area contributed by atoms with Gasteiger partial charge in [-0.15, -0.1) is 0 Å². The molecule has 0 nitrogen and oxygen atoms in total. The molecule has 0 radical (unpaired) electrons. The summed E-state index contributed by atoms with van der Waals surface area (Å²) in [5.41, 5.74) is 4.35. The molecule has 0 heteroatoms. The summed E-state index contributed by atoms with van der Waals surface area (Å²) >= 11 is 0. The van der Waals surface area contributed by atoms with Gasteiger partial charge in [-0.2, -0.15) is 0 Å². The quantitative estimate of drug-likeness (QED) is 0.548. The predicted octanol–water partition coefficient (Wildman–Crippen LogP) is 3.40. The fourth-order valence-electron chi connectivity index (χ4n) is 1.80. The number of rotatable bonds is 1. The van der Waals surface area contributed by atoms with Gasteiger partial charge in [0.05, 0.1) is 0 Å². The van der Waals surface area contributed by atoms with Gasteiger partial charge in [-0.1, -0.05) is 47.1 Å². The van der Waals surface area contributed by atoms with Crippen molar-refractivity contribution >= 4 is 0 Å². The Morgan fingerprint density at radius 3 is 2.58 bits per heavy atom. The van der Waals surface area contributed by atoms with Gasteiger partial charge in [0.15, 0.2) is 0 Å². The Morgan fingerprint density at radius 1 is 1.25 bits per heavy atom. The van der Waals surface area contributed by atoms with Gasteiger partial charge < -0.3 is 0 Å². The SMILES string of the molecule is CC1=CCC(C2C=CC(C)=C2)=C1. The van der Waals surface area contributed by atoms with Gasteiger partial charge in [0.1, 0.15) is 0 Å². The molecule has 0 heterocycles. The van der Waals surface area contributed by atoms with Crippen molar-refractivity contribution in [1.82, 2.24) is 0 Å². The topological polar surface area (TPSA) is 0 Å². The lowest BCUT2D eigenvalue weighted by Crippen LogP contribution is -1.91. The van der Waals surface area contributed by atoms with E-state index in [1.54, 1.807) is 5.57 Å². The maximum absolute atomic E-state index is 2.33. The highest BCUT2D eigenvalue weighted by Gasteiger charge is 2.14. The predicted molar refractivity (Wildman–Crippen MR) is 52.8 cm³/mol. The van der Waals surface area contributed by atoms with Crippen LogP contribution in [0.4, 0.5) is 0 Å². The Bertz CT molecular complexity index is 311. The maximum Gasteiger partial charge on any atom is 0.0172 e. The molecule has 2 aliphatic carbocycles. The molecule has 0 saturated heterocycles. The molecule has 0 saturated carbocycles. The van der Waals surface area contributed by atoms with Crippen molar-refractivity contribution in [2.45, 2.75) is 20.3 Å². The van der Waals surface area contributed by atoms with Crippen molar-refractivity contribution in [2.75, 3.05) is 0 Å². The summed E-state index contributed by atoms with van der Waals surface area (Å²) in [5, 5.41) is 0. The molecule has 62 valence electrons. The highest BCUT2D eigenvalue weighted by molar-refractivity contribution is 5.41. The van der Waals surface area contributed by atoms with Gasteiger partial charge in [-0.05, 0) is 20.3 Å². The van der Waals surface area contributed by atoms with Crippen LogP contribution in [0.3, 0.4) is 0 Å². The fraction of sp³-hybridized carbons (Fsp3) is 0.333. The molecule has 0 aromatic heterocycles. The Hall–Kier alpha value is -1.04. The molecule has 0 aromatic rings. The third kappa shape index (κ3) is 1.29. The van der Waals surface area contributed by atoms with Gasteiger partial charge in [0.25, 0.3) is 0 Å². The van der Waals surface area contributed by atoms with Crippen LogP contribution in [-0.2, 0) is 0 Å². The van der Waals surface area contributed by atoms with Gasteiger partial charge in [-0.3, -0.25) is 0 Å². The van der Waals surface area contributed by atoms with Crippen molar-refractivity contribution < 1.29 is 0 Å². The van der Waals surface area contributed by atoms with Crippen LogP contribution in [0.2, 0.25) is 0 Å². The lowest BCUT2D eigenvalue weighted by Gasteiger charge is -2.05. The van der Waals surface area contributed by atoms with E-state index in [1.807, 2.05) is 0 Å². The Labute approximate surface area is 74.0 Å². The molecule has 0 aromatic carbocycles. The molecule has 12 heavy (non-hydrogen) atoms. The van der Waals surface area contributed by atoms with Crippen LogP contribution in [0.1, 0.15) is 20.3 Å². The third-order valence-electron chi connectivity index (χ3n) is 2.51. The van der Waals surface area contributed by atoms with Crippen molar-refractivity contribution in [1.29, 1.82) is 0 Å². The minimum atomic E-state index is 0.582. The monoisotopic (exact) mass is 158 g/mol. The second-order valence-electron chi connectivity index (χ2n) is 3.67. The molecule has 0 aliphatic heterocycles. The van der Waals surface area contributed by atoms with Gasteiger partial charge in [0, 0.05) is 5.92 Å². The summed E-state index contributed by atoms with van der Waals surface area (Å²) in [6.45, 7) is 4.33. The Morgan fingerprint density at radius 2 is 2.08 bits per heavy atom. The van der Waals surface area contributed by atoms with Crippen LogP contribution in [0, 0.1) is 5.92 Å². The third-order valence-corrected chi connectivity index (χ3v) is 2.51. The molecule has 0 spiro atoms. The van der Waals surface area contributed by atoms with Crippen molar-refractivity contribution in [3.63, 3.8) is 0 Å². The summed E-state index contributed by atoms with van der Waals surface area (Å²) in [4.78, 5) is 0. The van der Waals surface area contributed by atoms with E-state index >= 15 is 0 Å². The van der Waals surface area contributed by atoms with Crippen molar-refractivity contribution in [2.24, 2.45) is 5.92 Å². The minimum Gasteiger partial charge on any atom is -0.0775 e. The van der Waals surface area contributed by atoms with E-state index < -0.39 is 0 Å². The maximum atomic E-state index is 2.33. The van der Waals surface area contributed by atoms with Crippen LogP contribution < -0.4 is 0 Å². The molecule has 2 aliphatic rings. The van der Waals surface area contributed by atoms with E-state index in [-0.39, 0.29) is 0 Å². The summed E-state index contributed by atoms with van der Waals surface area (Å²) in [6, 6.07) is 0. The molecule has 2 rings (SSSR count). The first kappa shape index (κ1) is 7.60. The fourth-order valence-corrected chi connectivity index (χ4v) is 1.80. The van der Waals surface area contributed by atoms with E-state index in [0.717, 1.165) is 6.42 Å². The molecular weight excluding hydrogens is 144 g/mol. The van der Waals surface area contributed by atoms with Crippen LogP contribution in [0.5, 0.6) is 0 Å². The number of allylic oxidation sites excluding steroid dienone is 8. The van der Waals surface area contributed by atoms with Gasteiger partial charge in [0.2, 0.25) is 0 Å². The standard InChI is InChI=1S/C12H14/c1-9-3-5-11(7-9)12-6-4-10(2)8-12/h3-5,7-8,11H,6H2,1-2H3. The molecular formula is C12H14. The largest absolute Gasteiger partial charge is 0.0775 e. The molecule has 0 fully saturated rings. The average molecular weight is 158 g/mol. The minimum absolute atomic E-state index is 0.582. The normalized spacial score (nSPS) is 27.2. The van der Waals surface area contributed by atoms with Crippen molar-refractivity contribution in [3.8, 4) is 0 Å². The zero-order chi connectivity index (χ0) is 8.55. The van der Waals surface area contributed by atoms with Crippen LogP contribution >= 0.6 is 0 Å². The summed E-state index contributed by atoms with van der Waals surface area (Å²) in [7, 11) is 0. The zero-order valence-corrected chi connectivity index (χ0v) is 7.67. The van der Waals surface area contributed by atoms with E-state index in [1.165, 1.54) is 11.1 Å².